The van der Waals surface area contributed by atoms with Gasteiger partial charge in [0.2, 0.25) is 0 Å². The van der Waals surface area contributed by atoms with Crippen LogP contribution in [0.25, 0.3) is 111 Å². The largest absolute Gasteiger partial charge is 0.456 e. The molecule has 0 saturated heterocycles. The summed E-state index contributed by atoms with van der Waals surface area (Å²) < 4.78 is 13.0. The molecule has 0 saturated carbocycles. The van der Waals surface area contributed by atoms with Gasteiger partial charge in [0.25, 0.3) is 0 Å². The molecule has 0 aliphatic heterocycles. The van der Waals surface area contributed by atoms with Gasteiger partial charge in [0.15, 0.2) is 0 Å². The number of fused-ring (bicyclic) bond motifs is 6. The van der Waals surface area contributed by atoms with Crippen molar-refractivity contribution in [1.29, 1.82) is 0 Å². The molecule has 11 aromatic rings. The topological polar surface area (TPSA) is 65.0 Å². The number of hydrogen-bond acceptors (Lipinski definition) is 5. The SMILES string of the molecule is c1ccc(-c2ccccc2-c2ccccc2-c2ccc3oc4ccccc4c3c2-c2nnnc(-c3ccccc3)c2-c2cccc3oc4ccccc4c23)cc1. The van der Waals surface area contributed by atoms with Crippen LogP contribution in [0.2, 0.25) is 0 Å². The second-order valence-corrected chi connectivity index (χ2v) is 13.9. The highest BCUT2D eigenvalue weighted by Gasteiger charge is 2.28. The zero-order chi connectivity index (χ0) is 37.0. The average molecular weight is 718 g/mol. The Kier molecular flexibility index (Phi) is 7.42. The molecule has 11 rings (SSSR count). The molecule has 0 spiro atoms. The first-order chi connectivity index (χ1) is 27.8. The summed E-state index contributed by atoms with van der Waals surface area (Å²) in [7, 11) is 0. The Morgan fingerprint density at radius 3 is 1.46 bits per heavy atom. The van der Waals surface area contributed by atoms with Crippen molar-refractivity contribution in [3.63, 3.8) is 0 Å². The summed E-state index contributed by atoms with van der Waals surface area (Å²) in [6, 6.07) is 65.0. The monoisotopic (exact) mass is 717 g/mol. The second-order valence-electron chi connectivity index (χ2n) is 13.9. The molecule has 262 valence electrons. The zero-order valence-corrected chi connectivity index (χ0v) is 30.1. The molecule has 0 aliphatic rings. The minimum atomic E-state index is 0.704. The first-order valence-electron chi connectivity index (χ1n) is 18.7. The van der Waals surface area contributed by atoms with Gasteiger partial charge in [0, 0.05) is 38.2 Å². The fourth-order valence-electron chi connectivity index (χ4n) is 8.36. The Morgan fingerprint density at radius 2 is 0.768 bits per heavy atom. The zero-order valence-electron chi connectivity index (χ0n) is 30.1. The lowest BCUT2D eigenvalue weighted by Crippen LogP contribution is -2.02. The molecule has 0 bridgehead atoms. The third kappa shape index (κ3) is 5.06. The van der Waals surface area contributed by atoms with Crippen LogP contribution in [0.5, 0.6) is 0 Å². The number of rotatable bonds is 6. The van der Waals surface area contributed by atoms with E-state index in [4.69, 9.17) is 19.0 Å². The molecule has 0 amide bonds. The molecule has 0 aliphatic carbocycles. The van der Waals surface area contributed by atoms with E-state index in [0.29, 0.717) is 5.69 Å². The molecular weight excluding hydrogens is 687 g/mol. The molecular formula is C51H31N3O2. The van der Waals surface area contributed by atoms with Gasteiger partial charge in [0.1, 0.15) is 33.7 Å². The molecule has 5 nitrogen and oxygen atoms in total. The molecule has 0 unspecified atom stereocenters. The van der Waals surface area contributed by atoms with Crippen molar-refractivity contribution in [2.24, 2.45) is 0 Å². The van der Waals surface area contributed by atoms with Gasteiger partial charge >= 0.3 is 0 Å². The minimum absolute atomic E-state index is 0.704. The maximum atomic E-state index is 6.59. The van der Waals surface area contributed by atoms with E-state index < -0.39 is 0 Å². The second kappa shape index (κ2) is 13.0. The Balaban J connectivity index is 1.29. The van der Waals surface area contributed by atoms with Crippen molar-refractivity contribution in [2.45, 2.75) is 0 Å². The summed E-state index contributed by atoms with van der Waals surface area (Å²) in [5.41, 5.74) is 14.9. The summed E-state index contributed by atoms with van der Waals surface area (Å²) in [5, 5.41) is 18.4. The van der Waals surface area contributed by atoms with Crippen LogP contribution in [0.3, 0.4) is 0 Å². The third-order valence-corrected chi connectivity index (χ3v) is 10.8. The smallest absolute Gasteiger partial charge is 0.136 e. The van der Waals surface area contributed by atoms with Crippen molar-refractivity contribution in [1.82, 2.24) is 15.4 Å². The summed E-state index contributed by atoms with van der Waals surface area (Å²) >= 11 is 0. The lowest BCUT2D eigenvalue weighted by molar-refractivity contribution is 0.668. The van der Waals surface area contributed by atoms with Gasteiger partial charge in [-0.1, -0.05) is 158 Å². The van der Waals surface area contributed by atoms with Crippen molar-refractivity contribution < 1.29 is 8.83 Å². The lowest BCUT2D eigenvalue weighted by Gasteiger charge is -2.20. The summed E-state index contributed by atoms with van der Waals surface area (Å²) in [4.78, 5) is 0. The lowest BCUT2D eigenvalue weighted by atomic mass is 9.84. The van der Waals surface area contributed by atoms with Crippen LogP contribution < -0.4 is 0 Å². The highest BCUT2D eigenvalue weighted by Crippen LogP contribution is 2.50. The van der Waals surface area contributed by atoms with Crippen LogP contribution in [-0.4, -0.2) is 15.4 Å². The van der Waals surface area contributed by atoms with Crippen LogP contribution in [0, 0.1) is 0 Å². The first-order valence-corrected chi connectivity index (χ1v) is 18.7. The maximum absolute atomic E-state index is 6.59. The fourth-order valence-corrected chi connectivity index (χ4v) is 8.36. The Morgan fingerprint density at radius 1 is 0.286 bits per heavy atom. The quantitative estimate of drug-likeness (QED) is 0.171. The molecule has 3 aromatic heterocycles. The number of para-hydroxylation sites is 2. The van der Waals surface area contributed by atoms with E-state index in [9.17, 15) is 0 Å². The number of benzene rings is 8. The van der Waals surface area contributed by atoms with E-state index in [1.165, 1.54) is 0 Å². The predicted molar refractivity (Wildman–Crippen MR) is 227 cm³/mol. The number of nitrogens with zero attached hydrogens (tertiary/aromatic N) is 3. The summed E-state index contributed by atoms with van der Waals surface area (Å²) in [6.45, 7) is 0. The number of furan rings is 2. The normalized spacial score (nSPS) is 11.6. The molecule has 8 aromatic carbocycles. The van der Waals surface area contributed by atoms with Crippen LogP contribution in [0.15, 0.2) is 197 Å². The Hall–Kier alpha value is -7.63. The highest BCUT2D eigenvalue weighted by molar-refractivity contribution is 6.20. The van der Waals surface area contributed by atoms with Gasteiger partial charge in [-0.3, -0.25) is 0 Å². The highest BCUT2D eigenvalue weighted by atomic mass is 16.3. The number of hydrogen-bond donors (Lipinski definition) is 0. The van der Waals surface area contributed by atoms with Crippen LogP contribution in [0.1, 0.15) is 0 Å². The maximum Gasteiger partial charge on any atom is 0.136 e. The molecule has 5 heteroatoms. The van der Waals surface area contributed by atoms with E-state index in [2.05, 4.69) is 139 Å². The van der Waals surface area contributed by atoms with E-state index in [-0.39, 0.29) is 0 Å². The van der Waals surface area contributed by atoms with Crippen molar-refractivity contribution >= 4 is 43.9 Å². The predicted octanol–water partition coefficient (Wildman–Crippen LogP) is 13.7. The minimum Gasteiger partial charge on any atom is -0.456 e. The van der Waals surface area contributed by atoms with Gasteiger partial charge in [0.05, 0.1) is 0 Å². The number of aromatic nitrogens is 3. The molecule has 0 fully saturated rings. The molecule has 0 radical (unpaired) electrons. The van der Waals surface area contributed by atoms with Crippen molar-refractivity contribution in [2.75, 3.05) is 0 Å². The van der Waals surface area contributed by atoms with Crippen LogP contribution >= 0.6 is 0 Å². The van der Waals surface area contributed by atoms with E-state index in [1.54, 1.807) is 0 Å². The summed E-state index contributed by atoms with van der Waals surface area (Å²) in [5.74, 6) is 0. The molecule has 3 heterocycles. The van der Waals surface area contributed by atoms with Crippen molar-refractivity contribution in [3.8, 4) is 67.0 Å². The van der Waals surface area contributed by atoms with Gasteiger partial charge in [-0.05, 0) is 74.5 Å². The van der Waals surface area contributed by atoms with E-state index in [0.717, 1.165) is 105 Å². The van der Waals surface area contributed by atoms with Gasteiger partial charge < -0.3 is 8.83 Å². The standard InChI is InChI=1S/C51H31N3O2/c1-3-16-32(17-4-1)34-20-7-8-21-35(34)36-22-9-10-23-37(36)38-30-31-45-47(40-25-12-14-28-43(40)56-45)48(38)51-49(50(52-54-53-51)33-18-5-2-6-19-33)41-26-15-29-44-46(41)39-24-11-13-27-42(39)55-44/h1-31H. The van der Waals surface area contributed by atoms with Gasteiger partial charge in [-0.15, -0.1) is 10.2 Å². The Bertz CT molecular complexity index is 3250. The van der Waals surface area contributed by atoms with Crippen molar-refractivity contribution in [3.05, 3.63) is 188 Å². The first kappa shape index (κ1) is 31.9. The van der Waals surface area contributed by atoms with Crippen LogP contribution in [0.4, 0.5) is 0 Å². The fraction of sp³-hybridized carbons (Fsp3) is 0. The van der Waals surface area contributed by atoms with Crippen LogP contribution in [-0.2, 0) is 0 Å². The molecule has 0 N–H and O–H groups in total. The molecule has 56 heavy (non-hydrogen) atoms. The van der Waals surface area contributed by atoms with Gasteiger partial charge in [-0.25, -0.2) is 0 Å². The van der Waals surface area contributed by atoms with E-state index >= 15 is 0 Å². The average Bonchev–Trinajstić information content (AvgIpc) is 3.85. The Labute approximate surface area is 322 Å². The van der Waals surface area contributed by atoms with E-state index in [1.807, 2.05) is 54.6 Å². The molecule has 0 atom stereocenters. The van der Waals surface area contributed by atoms with Gasteiger partial charge in [-0.2, -0.15) is 0 Å². The third-order valence-electron chi connectivity index (χ3n) is 10.8. The summed E-state index contributed by atoms with van der Waals surface area (Å²) in [6.07, 6.45) is 0.